The standard InChI is InChI=1S/C21H26N2O/c1-2-19(22)14-18-15-23(21-11-7-6-10-20(18)21)12-13-24-16-17-8-4-3-5-9-17/h3-11,15,19H,2,12-14,16,22H2,1H3. The maximum absolute atomic E-state index is 6.16. The number of benzene rings is 2. The van der Waals surface area contributed by atoms with Crippen molar-refractivity contribution < 1.29 is 4.74 Å². The summed E-state index contributed by atoms with van der Waals surface area (Å²) in [7, 11) is 0. The number of nitrogens with two attached hydrogens (primary N) is 1. The molecule has 0 fully saturated rings. The van der Waals surface area contributed by atoms with Gasteiger partial charge in [0.2, 0.25) is 0 Å². The minimum absolute atomic E-state index is 0.221. The van der Waals surface area contributed by atoms with Gasteiger partial charge in [-0.25, -0.2) is 0 Å². The molecule has 0 saturated heterocycles. The Bertz CT molecular complexity index is 764. The van der Waals surface area contributed by atoms with Crippen molar-refractivity contribution in [2.75, 3.05) is 6.61 Å². The molecule has 1 unspecified atom stereocenters. The summed E-state index contributed by atoms with van der Waals surface area (Å²) < 4.78 is 8.13. The summed E-state index contributed by atoms with van der Waals surface area (Å²) in [6.45, 7) is 4.36. The number of para-hydroxylation sites is 1. The van der Waals surface area contributed by atoms with Crippen molar-refractivity contribution in [2.45, 2.75) is 39.0 Å². The molecule has 3 nitrogen and oxygen atoms in total. The van der Waals surface area contributed by atoms with E-state index in [9.17, 15) is 0 Å². The van der Waals surface area contributed by atoms with Crippen LogP contribution < -0.4 is 5.73 Å². The molecular weight excluding hydrogens is 296 g/mol. The Morgan fingerprint density at radius 3 is 2.58 bits per heavy atom. The molecule has 1 atom stereocenters. The Morgan fingerprint density at radius 1 is 1.04 bits per heavy atom. The van der Waals surface area contributed by atoms with E-state index in [4.69, 9.17) is 10.5 Å². The Labute approximate surface area is 144 Å². The molecule has 2 N–H and O–H groups in total. The maximum Gasteiger partial charge on any atom is 0.0717 e. The lowest BCUT2D eigenvalue weighted by molar-refractivity contribution is 0.114. The van der Waals surface area contributed by atoms with Crippen molar-refractivity contribution in [3.8, 4) is 0 Å². The molecule has 0 aliphatic rings. The van der Waals surface area contributed by atoms with Gasteiger partial charge in [0, 0.05) is 29.7 Å². The van der Waals surface area contributed by atoms with E-state index in [1.54, 1.807) is 0 Å². The van der Waals surface area contributed by atoms with E-state index in [2.05, 4.69) is 54.1 Å². The highest BCUT2D eigenvalue weighted by Crippen LogP contribution is 2.22. The molecule has 0 aliphatic heterocycles. The monoisotopic (exact) mass is 322 g/mol. The average molecular weight is 322 g/mol. The average Bonchev–Trinajstić information content (AvgIpc) is 2.97. The van der Waals surface area contributed by atoms with Crippen molar-refractivity contribution in [3.05, 3.63) is 71.9 Å². The lowest BCUT2D eigenvalue weighted by atomic mass is 10.0. The van der Waals surface area contributed by atoms with Crippen LogP contribution in [0.5, 0.6) is 0 Å². The van der Waals surface area contributed by atoms with E-state index in [1.165, 1.54) is 22.0 Å². The van der Waals surface area contributed by atoms with Gasteiger partial charge in [-0.1, -0.05) is 55.5 Å². The fraction of sp³-hybridized carbons (Fsp3) is 0.333. The second kappa shape index (κ2) is 8.13. The van der Waals surface area contributed by atoms with Crippen LogP contribution in [0.15, 0.2) is 60.8 Å². The summed E-state index contributed by atoms with van der Waals surface area (Å²) in [5.41, 5.74) is 9.97. The molecule has 0 amide bonds. The molecule has 1 aromatic heterocycles. The minimum atomic E-state index is 0.221. The predicted molar refractivity (Wildman–Crippen MR) is 100 cm³/mol. The van der Waals surface area contributed by atoms with Crippen molar-refractivity contribution >= 4 is 10.9 Å². The first-order valence-electron chi connectivity index (χ1n) is 8.72. The normalized spacial score (nSPS) is 12.6. The summed E-state index contributed by atoms with van der Waals surface area (Å²) in [6.07, 6.45) is 4.17. The van der Waals surface area contributed by atoms with Gasteiger partial charge < -0.3 is 15.0 Å². The number of aromatic nitrogens is 1. The SMILES string of the molecule is CCC(N)Cc1cn(CCOCc2ccccc2)c2ccccc12. The molecule has 0 bridgehead atoms. The molecule has 24 heavy (non-hydrogen) atoms. The van der Waals surface area contributed by atoms with Crippen LogP contribution in [0.3, 0.4) is 0 Å². The number of rotatable bonds is 8. The van der Waals surface area contributed by atoms with Crippen molar-refractivity contribution in [3.63, 3.8) is 0 Å². The van der Waals surface area contributed by atoms with E-state index in [0.717, 1.165) is 19.4 Å². The second-order valence-electron chi connectivity index (χ2n) is 6.28. The number of ether oxygens (including phenoxy) is 1. The van der Waals surface area contributed by atoms with Gasteiger partial charge in [-0.3, -0.25) is 0 Å². The number of nitrogens with zero attached hydrogens (tertiary/aromatic N) is 1. The summed E-state index contributed by atoms with van der Waals surface area (Å²) in [4.78, 5) is 0. The van der Waals surface area contributed by atoms with Crippen molar-refractivity contribution in [2.24, 2.45) is 5.73 Å². The number of hydrogen-bond donors (Lipinski definition) is 1. The number of fused-ring (bicyclic) bond motifs is 1. The summed E-state index contributed by atoms with van der Waals surface area (Å²) in [5.74, 6) is 0. The van der Waals surface area contributed by atoms with Gasteiger partial charge in [0.15, 0.2) is 0 Å². The van der Waals surface area contributed by atoms with Gasteiger partial charge in [0.05, 0.1) is 13.2 Å². The van der Waals surface area contributed by atoms with E-state index < -0.39 is 0 Å². The lowest BCUT2D eigenvalue weighted by Crippen LogP contribution is -2.21. The zero-order valence-electron chi connectivity index (χ0n) is 14.3. The summed E-state index contributed by atoms with van der Waals surface area (Å²) in [5, 5.41) is 1.31. The van der Waals surface area contributed by atoms with Crippen LogP contribution in [-0.2, 0) is 24.3 Å². The van der Waals surface area contributed by atoms with Gasteiger partial charge in [0.25, 0.3) is 0 Å². The highest BCUT2D eigenvalue weighted by molar-refractivity contribution is 5.84. The number of hydrogen-bond acceptors (Lipinski definition) is 2. The highest BCUT2D eigenvalue weighted by Gasteiger charge is 2.10. The molecule has 0 aliphatic carbocycles. The molecule has 1 heterocycles. The molecule has 3 heteroatoms. The summed E-state index contributed by atoms with van der Waals surface area (Å²) >= 11 is 0. The molecular formula is C21H26N2O. The van der Waals surface area contributed by atoms with Crippen LogP contribution >= 0.6 is 0 Å². The van der Waals surface area contributed by atoms with Crippen LogP contribution in [0.25, 0.3) is 10.9 Å². The van der Waals surface area contributed by atoms with Gasteiger partial charge in [-0.05, 0) is 30.0 Å². The van der Waals surface area contributed by atoms with Gasteiger partial charge in [-0.15, -0.1) is 0 Å². The third kappa shape index (κ3) is 4.05. The molecule has 0 spiro atoms. The zero-order valence-corrected chi connectivity index (χ0v) is 14.3. The van der Waals surface area contributed by atoms with Crippen LogP contribution in [-0.4, -0.2) is 17.2 Å². The van der Waals surface area contributed by atoms with E-state index in [1.807, 2.05) is 18.2 Å². The Hall–Kier alpha value is -2.10. The van der Waals surface area contributed by atoms with Crippen LogP contribution in [0, 0.1) is 0 Å². The maximum atomic E-state index is 6.16. The lowest BCUT2D eigenvalue weighted by Gasteiger charge is -2.07. The first-order chi connectivity index (χ1) is 11.8. The summed E-state index contributed by atoms with van der Waals surface area (Å²) in [6, 6.07) is 19.1. The second-order valence-corrected chi connectivity index (χ2v) is 6.28. The van der Waals surface area contributed by atoms with Gasteiger partial charge in [-0.2, -0.15) is 0 Å². The molecule has 2 aromatic carbocycles. The third-order valence-electron chi connectivity index (χ3n) is 4.47. The largest absolute Gasteiger partial charge is 0.375 e. The fourth-order valence-corrected chi connectivity index (χ4v) is 3.02. The molecule has 0 saturated carbocycles. The van der Waals surface area contributed by atoms with E-state index in [0.29, 0.717) is 13.2 Å². The van der Waals surface area contributed by atoms with Crippen LogP contribution in [0.4, 0.5) is 0 Å². The fourth-order valence-electron chi connectivity index (χ4n) is 3.02. The predicted octanol–water partition coefficient (Wildman–Crippen LogP) is 4.14. The van der Waals surface area contributed by atoms with Crippen LogP contribution in [0.2, 0.25) is 0 Å². The minimum Gasteiger partial charge on any atom is -0.375 e. The van der Waals surface area contributed by atoms with Gasteiger partial charge >= 0.3 is 0 Å². The molecule has 3 rings (SSSR count). The quantitative estimate of drug-likeness (QED) is 0.633. The zero-order chi connectivity index (χ0) is 16.8. The third-order valence-corrected chi connectivity index (χ3v) is 4.47. The van der Waals surface area contributed by atoms with Crippen molar-refractivity contribution in [1.82, 2.24) is 4.57 Å². The molecule has 126 valence electrons. The first-order valence-corrected chi connectivity index (χ1v) is 8.72. The van der Waals surface area contributed by atoms with E-state index >= 15 is 0 Å². The Balaban J connectivity index is 1.65. The Kier molecular flexibility index (Phi) is 5.68. The smallest absolute Gasteiger partial charge is 0.0717 e. The Morgan fingerprint density at radius 2 is 1.79 bits per heavy atom. The molecule has 0 radical (unpaired) electrons. The van der Waals surface area contributed by atoms with Gasteiger partial charge in [0.1, 0.15) is 0 Å². The first kappa shape index (κ1) is 16.7. The van der Waals surface area contributed by atoms with Crippen molar-refractivity contribution in [1.29, 1.82) is 0 Å². The van der Waals surface area contributed by atoms with E-state index in [-0.39, 0.29) is 6.04 Å². The molecule has 3 aromatic rings. The topological polar surface area (TPSA) is 40.2 Å². The highest BCUT2D eigenvalue weighted by atomic mass is 16.5. The van der Waals surface area contributed by atoms with Crippen LogP contribution in [0.1, 0.15) is 24.5 Å².